The molecule has 1 aliphatic heterocycles. The standard InChI is InChI=1S/C22H26O7/c1-3-4-6-13(2)15(23)10-9-14-16(24)11-19-21(14)28-18-8-5-7-17(22(18)29-19)27-12-20(25)26/h5,7-10,13-16,19,21,23-24H,6,11-12H2,1-2H3,(H,25,26). The molecule has 3 rings (SSSR count). The summed E-state index contributed by atoms with van der Waals surface area (Å²) in [5.74, 6) is 5.41. The SMILES string of the molecule is CC#CCC(C)C(O)C=CC1C(O)CC2Oc3c(OCC(=O)O)cccc3OC21. The Kier molecular flexibility index (Phi) is 6.68. The second-order valence-electron chi connectivity index (χ2n) is 7.37. The minimum Gasteiger partial charge on any atom is -0.482 e. The Morgan fingerprint density at radius 2 is 2.21 bits per heavy atom. The van der Waals surface area contributed by atoms with Crippen LogP contribution in [0.15, 0.2) is 30.4 Å². The van der Waals surface area contributed by atoms with Gasteiger partial charge < -0.3 is 29.5 Å². The summed E-state index contributed by atoms with van der Waals surface area (Å²) in [5.41, 5.74) is 0. The Balaban J connectivity index is 1.73. The van der Waals surface area contributed by atoms with Crippen LogP contribution in [0.5, 0.6) is 17.2 Å². The van der Waals surface area contributed by atoms with Crippen molar-refractivity contribution in [3.63, 3.8) is 0 Å². The van der Waals surface area contributed by atoms with Gasteiger partial charge in [0.15, 0.2) is 18.1 Å². The summed E-state index contributed by atoms with van der Waals surface area (Å²) >= 11 is 0. The summed E-state index contributed by atoms with van der Waals surface area (Å²) in [7, 11) is 0. The zero-order valence-corrected chi connectivity index (χ0v) is 16.4. The number of carbonyl (C=O) groups is 1. The van der Waals surface area contributed by atoms with Gasteiger partial charge in [-0.3, -0.25) is 0 Å². The number of hydrogen-bond acceptors (Lipinski definition) is 6. The van der Waals surface area contributed by atoms with Gasteiger partial charge in [-0.25, -0.2) is 4.79 Å². The van der Waals surface area contributed by atoms with Crippen molar-refractivity contribution in [3.8, 4) is 29.1 Å². The first-order chi connectivity index (χ1) is 13.9. The van der Waals surface area contributed by atoms with E-state index in [0.29, 0.717) is 24.3 Å². The van der Waals surface area contributed by atoms with Crippen LogP contribution in [0.1, 0.15) is 26.7 Å². The quantitative estimate of drug-likeness (QED) is 0.473. The topological polar surface area (TPSA) is 105 Å². The van der Waals surface area contributed by atoms with E-state index in [9.17, 15) is 15.0 Å². The lowest BCUT2D eigenvalue weighted by molar-refractivity contribution is -0.139. The Morgan fingerprint density at radius 1 is 1.41 bits per heavy atom. The molecule has 7 heteroatoms. The number of aliphatic hydroxyl groups excluding tert-OH is 2. The predicted octanol–water partition coefficient (Wildman–Crippen LogP) is 2.01. The van der Waals surface area contributed by atoms with E-state index >= 15 is 0 Å². The fourth-order valence-corrected chi connectivity index (χ4v) is 3.57. The smallest absolute Gasteiger partial charge is 0.341 e. The van der Waals surface area contributed by atoms with Crippen LogP contribution in [0.4, 0.5) is 0 Å². The second kappa shape index (κ2) is 9.21. The highest BCUT2D eigenvalue weighted by molar-refractivity contribution is 5.68. The molecule has 1 fully saturated rings. The molecule has 6 atom stereocenters. The van der Waals surface area contributed by atoms with E-state index in [1.165, 1.54) is 0 Å². The summed E-state index contributed by atoms with van der Waals surface area (Å²) < 4.78 is 17.4. The van der Waals surface area contributed by atoms with Crippen molar-refractivity contribution in [2.24, 2.45) is 11.8 Å². The number of aliphatic hydroxyl groups is 2. The van der Waals surface area contributed by atoms with Gasteiger partial charge in [-0.15, -0.1) is 11.8 Å². The summed E-state index contributed by atoms with van der Waals surface area (Å²) in [6.45, 7) is 3.20. The Hall–Kier alpha value is -2.69. The average Bonchev–Trinajstić information content (AvgIpc) is 3.00. The largest absolute Gasteiger partial charge is 0.482 e. The fraction of sp³-hybridized carbons (Fsp3) is 0.500. The van der Waals surface area contributed by atoms with Crippen molar-refractivity contribution in [1.29, 1.82) is 0 Å². The number of aliphatic carboxylic acids is 1. The van der Waals surface area contributed by atoms with Gasteiger partial charge in [0.2, 0.25) is 5.75 Å². The van der Waals surface area contributed by atoms with Crippen LogP contribution in [0.3, 0.4) is 0 Å². The van der Waals surface area contributed by atoms with Crippen molar-refractivity contribution in [1.82, 2.24) is 0 Å². The van der Waals surface area contributed by atoms with Crippen LogP contribution < -0.4 is 14.2 Å². The molecule has 156 valence electrons. The maximum Gasteiger partial charge on any atom is 0.341 e. The number of ether oxygens (including phenoxy) is 3. The highest BCUT2D eigenvalue weighted by atomic mass is 16.6. The molecule has 0 radical (unpaired) electrons. The molecule has 1 aromatic rings. The third kappa shape index (κ3) is 4.84. The molecular weight excluding hydrogens is 376 g/mol. The van der Waals surface area contributed by atoms with Gasteiger partial charge in [0, 0.05) is 18.8 Å². The maximum absolute atomic E-state index is 10.8. The first-order valence-corrected chi connectivity index (χ1v) is 9.65. The third-order valence-corrected chi connectivity index (χ3v) is 5.20. The van der Waals surface area contributed by atoms with Gasteiger partial charge in [0.05, 0.1) is 12.2 Å². The molecule has 1 aromatic carbocycles. The minimum absolute atomic E-state index is 0.0220. The average molecular weight is 402 g/mol. The van der Waals surface area contributed by atoms with Gasteiger partial charge >= 0.3 is 5.97 Å². The van der Waals surface area contributed by atoms with Gasteiger partial charge in [-0.2, -0.15) is 0 Å². The van der Waals surface area contributed by atoms with E-state index in [4.69, 9.17) is 19.3 Å². The molecule has 7 nitrogen and oxygen atoms in total. The molecule has 1 saturated carbocycles. The van der Waals surface area contributed by atoms with E-state index in [-0.39, 0.29) is 17.6 Å². The number of rotatable bonds is 7. The van der Waals surface area contributed by atoms with Crippen LogP contribution in [0.2, 0.25) is 0 Å². The van der Waals surface area contributed by atoms with Crippen LogP contribution in [0.25, 0.3) is 0 Å². The lowest BCUT2D eigenvalue weighted by Crippen LogP contribution is -2.39. The first-order valence-electron chi connectivity index (χ1n) is 9.65. The molecule has 0 saturated heterocycles. The number of hydrogen-bond donors (Lipinski definition) is 3. The molecular formula is C22H26O7. The maximum atomic E-state index is 10.8. The van der Waals surface area contributed by atoms with Gasteiger partial charge in [-0.1, -0.05) is 25.1 Å². The molecule has 2 aliphatic rings. The fourth-order valence-electron chi connectivity index (χ4n) is 3.57. The summed E-state index contributed by atoms with van der Waals surface area (Å²) in [5, 5.41) is 29.6. The highest BCUT2D eigenvalue weighted by Gasteiger charge is 2.47. The number of benzene rings is 1. The zero-order chi connectivity index (χ0) is 21.0. The predicted molar refractivity (Wildman–Crippen MR) is 105 cm³/mol. The van der Waals surface area contributed by atoms with Crippen LogP contribution in [-0.4, -0.2) is 52.3 Å². The second-order valence-corrected chi connectivity index (χ2v) is 7.37. The highest BCUT2D eigenvalue weighted by Crippen LogP contribution is 2.46. The summed E-state index contributed by atoms with van der Waals surface area (Å²) in [4.78, 5) is 10.8. The van der Waals surface area contributed by atoms with Crippen molar-refractivity contribution < 1.29 is 34.3 Å². The van der Waals surface area contributed by atoms with Crippen LogP contribution in [-0.2, 0) is 4.79 Å². The van der Waals surface area contributed by atoms with Crippen molar-refractivity contribution >= 4 is 5.97 Å². The molecule has 0 amide bonds. The number of para-hydroxylation sites is 1. The monoisotopic (exact) mass is 402 g/mol. The molecule has 6 unspecified atom stereocenters. The van der Waals surface area contributed by atoms with Crippen molar-refractivity contribution in [2.45, 2.75) is 51.1 Å². The number of carboxylic acid groups (broad SMARTS) is 1. The first kappa shape index (κ1) is 21.0. The van der Waals surface area contributed by atoms with Crippen LogP contribution in [0, 0.1) is 23.7 Å². The van der Waals surface area contributed by atoms with Crippen molar-refractivity contribution in [3.05, 3.63) is 30.4 Å². The Bertz CT molecular complexity index is 822. The molecule has 3 N–H and O–H groups in total. The normalized spacial score (nSPS) is 26.9. The number of fused-ring (bicyclic) bond motifs is 2. The molecule has 0 aromatic heterocycles. The van der Waals surface area contributed by atoms with Gasteiger partial charge in [0.1, 0.15) is 12.2 Å². The molecule has 1 aliphatic carbocycles. The lowest BCUT2D eigenvalue weighted by atomic mass is 9.96. The third-order valence-electron chi connectivity index (χ3n) is 5.20. The van der Waals surface area contributed by atoms with E-state index in [1.54, 1.807) is 37.3 Å². The Morgan fingerprint density at radius 3 is 2.93 bits per heavy atom. The minimum atomic E-state index is -1.09. The molecule has 0 spiro atoms. The molecule has 0 bridgehead atoms. The molecule has 29 heavy (non-hydrogen) atoms. The van der Waals surface area contributed by atoms with E-state index in [1.807, 2.05) is 6.92 Å². The summed E-state index contributed by atoms with van der Waals surface area (Å²) in [6.07, 6.45) is 2.25. The number of carboxylic acids is 1. The van der Waals surface area contributed by atoms with Crippen LogP contribution >= 0.6 is 0 Å². The summed E-state index contributed by atoms with van der Waals surface area (Å²) in [6, 6.07) is 5.02. The van der Waals surface area contributed by atoms with Gasteiger partial charge in [-0.05, 0) is 25.0 Å². The van der Waals surface area contributed by atoms with E-state index in [2.05, 4.69) is 11.8 Å². The van der Waals surface area contributed by atoms with E-state index in [0.717, 1.165) is 0 Å². The lowest BCUT2D eigenvalue weighted by Gasteiger charge is -2.32. The van der Waals surface area contributed by atoms with Crippen molar-refractivity contribution in [2.75, 3.05) is 6.61 Å². The molecule has 1 heterocycles. The van der Waals surface area contributed by atoms with Gasteiger partial charge in [0.25, 0.3) is 0 Å². The zero-order valence-electron chi connectivity index (χ0n) is 16.4. The van der Waals surface area contributed by atoms with E-state index < -0.39 is 37.0 Å². The Labute approximate surface area is 169 Å².